The van der Waals surface area contributed by atoms with E-state index in [9.17, 15) is 4.79 Å². The SMILES string of the molecule is CCC(N)C1(c2ccccc2)CCC(Oc2cc3cc[nH]c(=O)c3cc2C)CC1. The molecule has 0 amide bonds. The summed E-state index contributed by atoms with van der Waals surface area (Å²) in [6.45, 7) is 4.18. The minimum atomic E-state index is -0.0592. The highest BCUT2D eigenvalue weighted by Crippen LogP contribution is 2.43. The fourth-order valence-electron chi connectivity index (χ4n) is 4.89. The van der Waals surface area contributed by atoms with Crippen LogP contribution in [-0.4, -0.2) is 17.1 Å². The van der Waals surface area contributed by atoms with Gasteiger partial charge in [-0.3, -0.25) is 4.79 Å². The first kappa shape index (κ1) is 19.7. The summed E-state index contributed by atoms with van der Waals surface area (Å²) in [7, 11) is 0. The van der Waals surface area contributed by atoms with Crippen molar-refractivity contribution >= 4 is 10.8 Å². The number of aromatic nitrogens is 1. The molecular weight excluding hydrogens is 360 g/mol. The van der Waals surface area contributed by atoms with Crippen LogP contribution in [0.25, 0.3) is 10.8 Å². The van der Waals surface area contributed by atoms with Gasteiger partial charge in [-0.15, -0.1) is 0 Å². The molecule has 0 spiro atoms. The molecule has 0 radical (unpaired) electrons. The van der Waals surface area contributed by atoms with Crippen molar-refractivity contribution in [3.05, 3.63) is 76.2 Å². The molecule has 152 valence electrons. The van der Waals surface area contributed by atoms with Crippen LogP contribution in [0.15, 0.2) is 59.5 Å². The van der Waals surface area contributed by atoms with E-state index in [-0.39, 0.29) is 23.1 Å². The molecule has 4 nitrogen and oxygen atoms in total. The molecule has 1 fully saturated rings. The molecule has 0 saturated heterocycles. The fraction of sp³-hybridized carbons (Fsp3) is 0.400. The van der Waals surface area contributed by atoms with Crippen molar-refractivity contribution in [1.29, 1.82) is 0 Å². The van der Waals surface area contributed by atoms with E-state index in [0.29, 0.717) is 5.39 Å². The lowest BCUT2D eigenvalue weighted by molar-refractivity contribution is 0.103. The first-order chi connectivity index (χ1) is 14.0. The Hall–Kier alpha value is -2.59. The number of pyridine rings is 1. The third kappa shape index (κ3) is 3.69. The maximum atomic E-state index is 12.0. The van der Waals surface area contributed by atoms with Crippen LogP contribution in [0, 0.1) is 6.92 Å². The Bertz CT molecular complexity index is 1030. The zero-order valence-corrected chi connectivity index (χ0v) is 17.3. The molecule has 1 unspecified atom stereocenters. The van der Waals surface area contributed by atoms with Crippen LogP contribution in [0.4, 0.5) is 0 Å². The minimum absolute atomic E-state index is 0.0294. The number of aromatic amines is 1. The molecule has 2 aromatic carbocycles. The Kier molecular flexibility index (Phi) is 5.46. The number of aryl methyl sites for hydroxylation is 1. The second-order valence-electron chi connectivity index (χ2n) is 8.37. The molecular formula is C25H30N2O2. The highest BCUT2D eigenvalue weighted by Gasteiger charge is 2.41. The van der Waals surface area contributed by atoms with Gasteiger partial charge in [0.1, 0.15) is 5.75 Å². The van der Waals surface area contributed by atoms with Crippen molar-refractivity contribution in [2.24, 2.45) is 5.73 Å². The van der Waals surface area contributed by atoms with Gasteiger partial charge in [0, 0.05) is 23.0 Å². The predicted molar refractivity (Wildman–Crippen MR) is 119 cm³/mol. The van der Waals surface area contributed by atoms with Crippen LogP contribution in [0.5, 0.6) is 5.75 Å². The van der Waals surface area contributed by atoms with E-state index in [2.05, 4.69) is 42.2 Å². The van der Waals surface area contributed by atoms with Crippen molar-refractivity contribution in [2.45, 2.75) is 63.5 Å². The van der Waals surface area contributed by atoms with Crippen LogP contribution in [0.2, 0.25) is 0 Å². The van der Waals surface area contributed by atoms with E-state index in [1.54, 1.807) is 6.20 Å². The smallest absolute Gasteiger partial charge is 0.255 e. The number of nitrogens with one attached hydrogen (secondary N) is 1. The number of H-pyrrole nitrogens is 1. The standard InChI is InChI=1S/C25H30N2O2/c1-3-23(26)25(19-7-5-4-6-8-19)12-9-20(10-13-25)29-22-16-18-11-14-27-24(28)21(18)15-17(22)2/h4-8,11,14-16,20,23H,3,9-10,12-13,26H2,1-2H3,(H,27,28). The van der Waals surface area contributed by atoms with Crippen LogP contribution < -0.4 is 16.0 Å². The van der Waals surface area contributed by atoms with E-state index in [4.69, 9.17) is 10.5 Å². The molecule has 29 heavy (non-hydrogen) atoms. The Morgan fingerprint density at radius 1 is 1.17 bits per heavy atom. The summed E-state index contributed by atoms with van der Waals surface area (Å²) >= 11 is 0. The van der Waals surface area contributed by atoms with Gasteiger partial charge in [-0.25, -0.2) is 0 Å². The summed E-state index contributed by atoms with van der Waals surface area (Å²) in [4.78, 5) is 14.8. The van der Waals surface area contributed by atoms with Crippen LogP contribution >= 0.6 is 0 Å². The number of ether oxygens (including phenoxy) is 1. The van der Waals surface area contributed by atoms with Gasteiger partial charge < -0.3 is 15.5 Å². The maximum absolute atomic E-state index is 12.0. The van der Waals surface area contributed by atoms with Crippen molar-refractivity contribution in [3.63, 3.8) is 0 Å². The second-order valence-corrected chi connectivity index (χ2v) is 8.37. The van der Waals surface area contributed by atoms with Crippen LogP contribution in [-0.2, 0) is 5.41 Å². The summed E-state index contributed by atoms with van der Waals surface area (Å²) < 4.78 is 6.42. The molecule has 1 aromatic heterocycles. The van der Waals surface area contributed by atoms with Gasteiger partial charge in [0.25, 0.3) is 5.56 Å². The molecule has 1 heterocycles. The Labute approximate surface area is 172 Å². The Morgan fingerprint density at radius 3 is 2.59 bits per heavy atom. The highest BCUT2D eigenvalue weighted by atomic mass is 16.5. The van der Waals surface area contributed by atoms with E-state index in [1.807, 2.05) is 25.1 Å². The topological polar surface area (TPSA) is 68.1 Å². The lowest BCUT2D eigenvalue weighted by Gasteiger charge is -2.44. The number of fused-ring (bicyclic) bond motifs is 1. The summed E-state index contributed by atoms with van der Waals surface area (Å²) in [5.41, 5.74) is 8.96. The molecule has 3 aromatic rings. The van der Waals surface area contributed by atoms with Gasteiger partial charge in [-0.2, -0.15) is 0 Å². The quantitative estimate of drug-likeness (QED) is 0.655. The second kappa shape index (κ2) is 8.03. The third-order valence-corrected chi connectivity index (χ3v) is 6.69. The molecule has 0 aliphatic heterocycles. The van der Waals surface area contributed by atoms with Gasteiger partial charge in [-0.05, 0) is 73.7 Å². The maximum Gasteiger partial charge on any atom is 0.255 e. The molecule has 1 aliphatic carbocycles. The zero-order valence-electron chi connectivity index (χ0n) is 17.3. The van der Waals surface area contributed by atoms with Crippen molar-refractivity contribution < 1.29 is 4.74 Å². The lowest BCUT2D eigenvalue weighted by atomic mass is 9.64. The number of hydrogen-bond acceptors (Lipinski definition) is 3. The lowest BCUT2D eigenvalue weighted by Crippen LogP contribution is -2.48. The highest BCUT2D eigenvalue weighted by molar-refractivity contribution is 5.83. The molecule has 1 aliphatic rings. The number of rotatable bonds is 5. The molecule has 4 heteroatoms. The minimum Gasteiger partial charge on any atom is -0.490 e. The summed E-state index contributed by atoms with van der Waals surface area (Å²) in [5, 5.41) is 1.62. The van der Waals surface area contributed by atoms with Crippen molar-refractivity contribution in [1.82, 2.24) is 4.98 Å². The van der Waals surface area contributed by atoms with Gasteiger partial charge in [0.15, 0.2) is 0 Å². The number of nitrogens with two attached hydrogens (primary N) is 1. The molecule has 1 saturated carbocycles. The summed E-state index contributed by atoms with van der Waals surface area (Å²) in [5.74, 6) is 0.875. The van der Waals surface area contributed by atoms with Gasteiger partial charge in [0.2, 0.25) is 0 Å². The monoisotopic (exact) mass is 390 g/mol. The average molecular weight is 391 g/mol. The van der Waals surface area contributed by atoms with E-state index in [0.717, 1.165) is 48.8 Å². The van der Waals surface area contributed by atoms with Crippen LogP contribution in [0.3, 0.4) is 0 Å². The predicted octanol–water partition coefficient (Wildman–Crippen LogP) is 4.83. The summed E-state index contributed by atoms with van der Waals surface area (Å²) in [6.07, 6.45) is 6.86. The number of benzene rings is 2. The number of hydrogen-bond donors (Lipinski definition) is 2. The van der Waals surface area contributed by atoms with E-state index in [1.165, 1.54) is 5.56 Å². The van der Waals surface area contributed by atoms with E-state index >= 15 is 0 Å². The first-order valence-electron chi connectivity index (χ1n) is 10.6. The van der Waals surface area contributed by atoms with Gasteiger partial charge in [0.05, 0.1) is 6.10 Å². The van der Waals surface area contributed by atoms with Gasteiger partial charge in [-0.1, -0.05) is 37.3 Å². The van der Waals surface area contributed by atoms with E-state index < -0.39 is 0 Å². The zero-order chi connectivity index (χ0) is 20.4. The molecule has 0 bridgehead atoms. The largest absolute Gasteiger partial charge is 0.490 e. The van der Waals surface area contributed by atoms with Gasteiger partial charge >= 0.3 is 0 Å². The Morgan fingerprint density at radius 2 is 1.90 bits per heavy atom. The van der Waals surface area contributed by atoms with Crippen LogP contribution in [0.1, 0.15) is 50.2 Å². The fourth-order valence-corrected chi connectivity index (χ4v) is 4.89. The normalized spacial score (nSPS) is 23.1. The van der Waals surface area contributed by atoms with Crippen molar-refractivity contribution in [2.75, 3.05) is 0 Å². The third-order valence-electron chi connectivity index (χ3n) is 6.69. The molecule has 1 atom stereocenters. The molecule has 3 N–H and O–H groups in total. The first-order valence-corrected chi connectivity index (χ1v) is 10.6. The molecule has 4 rings (SSSR count). The van der Waals surface area contributed by atoms with Crippen molar-refractivity contribution in [3.8, 4) is 5.75 Å². The Balaban J connectivity index is 1.54. The average Bonchev–Trinajstić information content (AvgIpc) is 2.76. The summed E-state index contributed by atoms with van der Waals surface area (Å²) in [6, 6.07) is 16.7.